The van der Waals surface area contributed by atoms with Gasteiger partial charge in [0.05, 0.1) is 12.3 Å². The van der Waals surface area contributed by atoms with Crippen LogP contribution in [0.1, 0.15) is 106 Å². The number of esters is 2. The first-order valence-electron chi connectivity index (χ1n) is 13.7. The van der Waals surface area contributed by atoms with Crippen LogP contribution in [0.25, 0.3) is 0 Å². The fourth-order valence-corrected chi connectivity index (χ4v) is 4.06. The summed E-state index contributed by atoms with van der Waals surface area (Å²) in [5, 5.41) is 0. The Morgan fingerprint density at radius 2 is 1.53 bits per heavy atom. The van der Waals surface area contributed by atoms with Gasteiger partial charge in [-0.15, -0.1) is 0 Å². The molecule has 0 aliphatic rings. The number of rotatable bonds is 15. The van der Waals surface area contributed by atoms with E-state index in [1.807, 2.05) is 32.3 Å². The lowest BCUT2D eigenvalue weighted by atomic mass is 10.00. The fourth-order valence-electron chi connectivity index (χ4n) is 4.06. The number of nitrogens with zero attached hydrogens (tertiary/aromatic N) is 1. The van der Waals surface area contributed by atoms with Gasteiger partial charge in [0.15, 0.2) is 5.78 Å². The Morgan fingerprint density at radius 1 is 0.842 bits per heavy atom. The summed E-state index contributed by atoms with van der Waals surface area (Å²) in [7, 11) is 0. The molecule has 2 rings (SSSR count). The summed E-state index contributed by atoms with van der Waals surface area (Å²) in [6.07, 6.45) is 3.67. The Balaban J connectivity index is 2.44. The van der Waals surface area contributed by atoms with Gasteiger partial charge in [0, 0.05) is 43.1 Å². The third kappa shape index (κ3) is 9.58. The Labute approximate surface area is 226 Å². The molecule has 7 nitrogen and oxygen atoms in total. The fraction of sp³-hybridized carbons (Fsp3) is 0.548. The van der Waals surface area contributed by atoms with Crippen molar-refractivity contribution in [3.63, 3.8) is 0 Å². The summed E-state index contributed by atoms with van der Waals surface area (Å²) in [5.41, 5.74) is 1.96. The van der Waals surface area contributed by atoms with Crippen LogP contribution in [0.4, 0.5) is 0 Å². The van der Waals surface area contributed by atoms with Gasteiger partial charge < -0.3 is 14.0 Å². The molecule has 0 unspecified atom stereocenters. The van der Waals surface area contributed by atoms with Crippen molar-refractivity contribution >= 4 is 23.5 Å². The molecule has 0 spiro atoms. The maximum Gasteiger partial charge on any atom is 0.311 e. The van der Waals surface area contributed by atoms with E-state index in [4.69, 9.17) is 9.47 Å². The molecule has 0 N–H and O–H groups in total. The molecule has 38 heavy (non-hydrogen) atoms. The van der Waals surface area contributed by atoms with Gasteiger partial charge in [0.2, 0.25) is 5.78 Å². The molecule has 0 saturated carbocycles. The number of Topliss-reactive ketones (excluding diaryl/α,β-unsaturated/α-hetero) is 1. The van der Waals surface area contributed by atoms with Crippen molar-refractivity contribution in [1.29, 1.82) is 0 Å². The molecule has 0 bridgehead atoms. The lowest BCUT2D eigenvalue weighted by Crippen LogP contribution is -2.14. The van der Waals surface area contributed by atoms with E-state index in [0.717, 1.165) is 6.42 Å². The minimum absolute atomic E-state index is 0.0138. The van der Waals surface area contributed by atoms with Crippen molar-refractivity contribution in [3.05, 3.63) is 52.8 Å². The molecule has 2 aromatic rings. The van der Waals surface area contributed by atoms with E-state index in [0.29, 0.717) is 47.0 Å². The van der Waals surface area contributed by atoms with Crippen molar-refractivity contribution in [2.45, 2.75) is 87.1 Å². The predicted molar refractivity (Wildman–Crippen MR) is 148 cm³/mol. The first-order chi connectivity index (χ1) is 17.9. The number of hydrogen-bond acceptors (Lipinski definition) is 6. The van der Waals surface area contributed by atoms with E-state index < -0.39 is 0 Å². The number of ether oxygens (including phenoxy) is 2. The molecule has 7 heteroatoms. The topological polar surface area (TPSA) is 91.7 Å². The van der Waals surface area contributed by atoms with Crippen LogP contribution in [-0.2, 0) is 27.3 Å². The van der Waals surface area contributed by atoms with Crippen LogP contribution in [-0.4, -0.2) is 34.7 Å². The SMILES string of the molecule is CCOC(=O)CCc1cc(C(=O)c2cc(C(=O)CC(C)C)cn2CCC(C)C)ccc1OC(=O)CC(C)C. The van der Waals surface area contributed by atoms with Gasteiger partial charge >= 0.3 is 11.9 Å². The summed E-state index contributed by atoms with van der Waals surface area (Å²) in [6, 6.07) is 6.60. The number of aryl methyl sites for hydroxylation is 2. The molecular formula is C31H43NO6. The van der Waals surface area contributed by atoms with Crippen LogP contribution in [0.15, 0.2) is 30.5 Å². The predicted octanol–water partition coefficient (Wildman–Crippen LogP) is 6.44. The van der Waals surface area contributed by atoms with Gasteiger partial charge in [-0.25, -0.2) is 0 Å². The molecule has 1 aromatic heterocycles. The average Bonchev–Trinajstić information content (AvgIpc) is 3.25. The van der Waals surface area contributed by atoms with Crippen molar-refractivity contribution in [3.8, 4) is 5.75 Å². The standard InChI is InChI=1S/C31H43NO6/c1-8-37-29(34)12-10-23-17-24(9-11-28(23)38-30(35)16-22(6)7)31(36)26-18-25(27(33)15-21(4)5)19-32(26)14-13-20(2)3/h9,11,17-22H,8,10,12-16H2,1-7H3. The molecule has 0 fully saturated rings. The summed E-state index contributed by atoms with van der Waals surface area (Å²) >= 11 is 0. The smallest absolute Gasteiger partial charge is 0.311 e. The van der Waals surface area contributed by atoms with E-state index >= 15 is 0 Å². The number of hydrogen-bond donors (Lipinski definition) is 0. The van der Waals surface area contributed by atoms with E-state index in [9.17, 15) is 19.2 Å². The highest BCUT2D eigenvalue weighted by atomic mass is 16.5. The Hall–Kier alpha value is -3.22. The zero-order valence-corrected chi connectivity index (χ0v) is 24.0. The van der Waals surface area contributed by atoms with Gasteiger partial charge in [-0.2, -0.15) is 0 Å². The van der Waals surface area contributed by atoms with Gasteiger partial charge in [-0.3, -0.25) is 19.2 Å². The quantitative estimate of drug-likeness (QED) is 0.151. The molecule has 208 valence electrons. The van der Waals surface area contributed by atoms with E-state index in [2.05, 4.69) is 13.8 Å². The largest absolute Gasteiger partial charge is 0.466 e. The van der Waals surface area contributed by atoms with Crippen LogP contribution < -0.4 is 4.74 Å². The first kappa shape index (κ1) is 31.0. The zero-order chi connectivity index (χ0) is 28.4. The van der Waals surface area contributed by atoms with Crippen molar-refractivity contribution < 1.29 is 28.7 Å². The summed E-state index contributed by atoms with van der Waals surface area (Å²) < 4.78 is 12.5. The lowest BCUT2D eigenvalue weighted by molar-refractivity contribution is -0.143. The average molecular weight is 526 g/mol. The number of aromatic nitrogens is 1. The molecule has 0 radical (unpaired) electrons. The van der Waals surface area contributed by atoms with Gasteiger partial charge in [-0.05, 0) is 67.3 Å². The summed E-state index contributed by atoms with van der Waals surface area (Å²) in [4.78, 5) is 50.9. The van der Waals surface area contributed by atoms with Crippen molar-refractivity contribution in [2.24, 2.45) is 17.8 Å². The Morgan fingerprint density at radius 3 is 2.13 bits per heavy atom. The number of benzene rings is 1. The first-order valence-corrected chi connectivity index (χ1v) is 13.7. The third-order valence-electron chi connectivity index (χ3n) is 6.02. The minimum Gasteiger partial charge on any atom is -0.466 e. The van der Waals surface area contributed by atoms with Crippen molar-refractivity contribution in [1.82, 2.24) is 4.57 Å². The summed E-state index contributed by atoms with van der Waals surface area (Å²) in [6.45, 7) is 14.7. The zero-order valence-electron chi connectivity index (χ0n) is 24.0. The van der Waals surface area contributed by atoms with E-state index in [1.165, 1.54) is 0 Å². The molecule has 0 atom stereocenters. The molecule has 0 saturated heterocycles. The molecular weight excluding hydrogens is 482 g/mol. The minimum atomic E-state index is -0.368. The normalized spacial score (nSPS) is 11.3. The second-order valence-electron chi connectivity index (χ2n) is 11.0. The number of carbonyl (C=O) groups excluding carboxylic acids is 4. The Kier molecular flexibility index (Phi) is 11.9. The highest BCUT2D eigenvalue weighted by molar-refractivity contribution is 6.10. The maximum absolute atomic E-state index is 13.7. The molecule has 1 heterocycles. The van der Waals surface area contributed by atoms with Gasteiger partial charge in [0.1, 0.15) is 5.75 Å². The van der Waals surface area contributed by atoms with Crippen LogP contribution in [0.2, 0.25) is 0 Å². The van der Waals surface area contributed by atoms with E-state index in [-0.39, 0.29) is 61.2 Å². The highest BCUT2D eigenvalue weighted by Crippen LogP contribution is 2.26. The summed E-state index contributed by atoms with van der Waals surface area (Å²) in [5.74, 6) is 0.177. The molecule has 0 amide bonds. The Bertz CT molecular complexity index is 1130. The van der Waals surface area contributed by atoms with Crippen LogP contribution in [0, 0.1) is 17.8 Å². The van der Waals surface area contributed by atoms with Crippen LogP contribution in [0.5, 0.6) is 5.75 Å². The maximum atomic E-state index is 13.7. The van der Waals surface area contributed by atoms with Crippen LogP contribution >= 0.6 is 0 Å². The second-order valence-corrected chi connectivity index (χ2v) is 11.0. The van der Waals surface area contributed by atoms with Gasteiger partial charge in [0.25, 0.3) is 0 Å². The molecule has 1 aromatic carbocycles. The van der Waals surface area contributed by atoms with Crippen LogP contribution in [0.3, 0.4) is 0 Å². The van der Waals surface area contributed by atoms with Gasteiger partial charge in [-0.1, -0.05) is 41.5 Å². The number of carbonyl (C=O) groups is 4. The molecule has 0 aliphatic carbocycles. The highest BCUT2D eigenvalue weighted by Gasteiger charge is 2.22. The number of ketones is 2. The second kappa shape index (κ2) is 14.6. The monoisotopic (exact) mass is 525 g/mol. The molecule has 0 aliphatic heterocycles. The van der Waals surface area contributed by atoms with Crippen molar-refractivity contribution in [2.75, 3.05) is 6.61 Å². The third-order valence-corrected chi connectivity index (χ3v) is 6.02. The van der Waals surface area contributed by atoms with E-state index in [1.54, 1.807) is 37.4 Å². The lowest BCUT2D eigenvalue weighted by Gasteiger charge is -2.14.